The van der Waals surface area contributed by atoms with Crippen molar-refractivity contribution >= 4 is 35.3 Å². The van der Waals surface area contributed by atoms with E-state index in [2.05, 4.69) is 5.32 Å². The quantitative estimate of drug-likeness (QED) is 0.768. The van der Waals surface area contributed by atoms with E-state index < -0.39 is 17.8 Å². The molecule has 1 aromatic rings. The lowest BCUT2D eigenvalue weighted by Crippen LogP contribution is -2.38. The van der Waals surface area contributed by atoms with Crippen LogP contribution in [0.2, 0.25) is 5.02 Å². The highest BCUT2D eigenvalue weighted by atomic mass is 35.5. The molecule has 0 aromatic heterocycles. The van der Waals surface area contributed by atoms with Crippen LogP contribution in [-0.2, 0) is 19.1 Å². The zero-order valence-corrected chi connectivity index (χ0v) is 17.1. The summed E-state index contributed by atoms with van der Waals surface area (Å²) in [5, 5.41) is 3.89. The fourth-order valence-corrected chi connectivity index (χ4v) is 4.95. The Morgan fingerprint density at radius 3 is 2.81 bits per heavy atom. The Hall–Kier alpha value is -1.92. The van der Waals surface area contributed by atoms with Crippen molar-refractivity contribution in [3.63, 3.8) is 0 Å². The van der Waals surface area contributed by atoms with Crippen molar-refractivity contribution in [1.29, 1.82) is 0 Å². The first-order valence-corrected chi connectivity index (χ1v) is 10.2. The monoisotopic (exact) mass is 407 g/mol. The number of fused-ring (bicyclic) bond motifs is 1. The second kappa shape index (κ2) is 8.40. The topological polar surface area (TPSA) is 64.6 Å². The predicted octanol–water partition coefficient (Wildman–Crippen LogP) is 3.65. The molecule has 5 nitrogen and oxygen atoms in total. The number of halogens is 1. The van der Waals surface area contributed by atoms with Gasteiger partial charge < -0.3 is 14.8 Å². The maximum atomic E-state index is 12.9. The smallest absolute Gasteiger partial charge is 0.336 e. The molecule has 1 heterocycles. The summed E-state index contributed by atoms with van der Waals surface area (Å²) in [7, 11) is 1.37. The van der Waals surface area contributed by atoms with E-state index in [4.69, 9.17) is 21.1 Å². The first-order chi connectivity index (χ1) is 13.0. The Kier molecular flexibility index (Phi) is 6.17. The molecule has 0 unspecified atom stereocenters. The van der Waals surface area contributed by atoms with Gasteiger partial charge in [0.15, 0.2) is 0 Å². The van der Waals surface area contributed by atoms with E-state index in [0.29, 0.717) is 10.6 Å². The van der Waals surface area contributed by atoms with E-state index >= 15 is 0 Å². The Morgan fingerprint density at radius 1 is 1.37 bits per heavy atom. The maximum absolute atomic E-state index is 12.9. The molecular formula is C20H22ClNO4S. The van der Waals surface area contributed by atoms with Crippen molar-refractivity contribution in [2.75, 3.05) is 26.0 Å². The summed E-state index contributed by atoms with van der Waals surface area (Å²) in [5.74, 6) is -1.08. The fraction of sp³-hybridized carbons (Fsp3) is 0.400. The molecule has 3 rings (SSSR count). The van der Waals surface area contributed by atoms with Crippen LogP contribution in [0, 0.1) is 5.92 Å². The Morgan fingerprint density at radius 2 is 2.15 bits per heavy atom. The number of hydrogen-bond donors (Lipinski definition) is 1. The Labute approximate surface area is 168 Å². The number of methoxy groups -OCH3 is 1. The molecule has 1 aromatic carbocycles. The summed E-state index contributed by atoms with van der Waals surface area (Å²) in [6.45, 7) is 4.69. The summed E-state index contributed by atoms with van der Waals surface area (Å²) in [6.07, 6.45) is 0. The van der Waals surface area contributed by atoms with Crippen LogP contribution in [-0.4, -0.2) is 38.0 Å². The van der Waals surface area contributed by atoms with Gasteiger partial charge in [0.2, 0.25) is 0 Å². The highest BCUT2D eigenvalue weighted by Gasteiger charge is 2.45. The van der Waals surface area contributed by atoms with Gasteiger partial charge in [-0.3, -0.25) is 4.79 Å². The molecule has 0 radical (unpaired) electrons. The summed E-state index contributed by atoms with van der Waals surface area (Å²) in [4.78, 5) is 26.6. The Balaban J connectivity index is 2.26. The van der Waals surface area contributed by atoms with Gasteiger partial charge in [0.25, 0.3) is 0 Å². The number of esters is 2. The van der Waals surface area contributed by atoms with Gasteiger partial charge in [0, 0.05) is 28.1 Å². The van der Waals surface area contributed by atoms with Crippen molar-refractivity contribution in [2.45, 2.75) is 19.8 Å². The van der Waals surface area contributed by atoms with Crippen LogP contribution in [0.4, 0.5) is 0 Å². The molecule has 1 aliphatic heterocycles. The lowest BCUT2D eigenvalue weighted by atomic mass is 9.72. The molecule has 7 heteroatoms. The van der Waals surface area contributed by atoms with Crippen molar-refractivity contribution in [1.82, 2.24) is 5.32 Å². The predicted molar refractivity (Wildman–Crippen MR) is 107 cm³/mol. The third-order valence-electron chi connectivity index (χ3n) is 4.77. The minimum atomic E-state index is -0.612. The molecule has 1 aliphatic carbocycles. The summed E-state index contributed by atoms with van der Waals surface area (Å²) >= 11 is 7.85. The molecule has 1 N–H and O–H groups in total. The molecule has 0 bridgehead atoms. The molecule has 27 heavy (non-hydrogen) atoms. The van der Waals surface area contributed by atoms with Crippen molar-refractivity contribution in [3.05, 3.63) is 56.6 Å². The highest BCUT2D eigenvalue weighted by Crippen LogP contribution is 2.49. The molecule has 0 amide bonds. The third kappa shape index (κ3) is 3.73. The first kappa shape index (κ1) is 19.8. The minimum Gasteiger partial charge on any atom is -0.469 e. The average molecular weight is 408 g/mol. The number of ether oxygens (including phenoxy) is 2. The SMILES string of the molecule is CCOC(=O)C1=C2NCCSC2=C(C)[C@@H](C(=O)OC)[C@H]1c1cccc(Cl)c1. The largest absolute Gasteiger partial charge is 0.469 e. The number of nitrogens with one attached hydrogen (secondary N) is 1. The average Bonchev–Trinajstić information content (AvgIpc) is 2.67. The molecule has 1 fully saturated rings. The standard InChI is InChI=1S/C20H22ClNO4S/c1-4-26-20(24)16-15(12-6-5-7-13(21)10-12)14(19(23)25-3)11(2)18-17(16)22-8-9-27-18/h5-7,10,14-15,22H,4,8-9H2,1-3H3/t14-,15-/m1/s1. The van der Waals surface area contributed by atoms with E-state index in [1.54, 1.807) is 30.8 Å². The van der Waals surface area contributed by atoms with E-state index in [1.807, 2.05) is 19.1 Å². The van der Waals surface area contributed by atoms with Gasteiger partial charge in [-0.1, -0.05) is 23.7 Å². The summed E-state index contributed by atoms with van der Waals surface area (Å²) in [6, 6.07) is 7.24. The molecule has 0 spiro atoms. The lowest BCUT2D eigenvalue weighted by Gasteiger charge is -2.37. The number of carbonyl (C=O) groups excluding carboxylic acids is 2. The van der Waals surface area contributed by atoms with Gasteiger partial charge in [0.1, 0.15) is 0 Å². The molecule has 2 aliphatic rings. The Bertz CT molecular complexity index is 833. The normalized spacial score (nSPS) is 22.1. The second-order valence-corrected chi connectivity index (χ2v) is 7.87. The summed E-state index contributed by atoms with van der Waals surface area (Å²) < 4.78 is 10.5. The minimum absolute atomic E-state index is 0.256. The van der Waals surface area contributed by atoms with E-state index in [9.17, 15) is 9.59 Å². The van der Waals surface area contributed by atoms with Gasteiger partial charge >= 0.3 is 11.9 Å². The van der Waals surface area contributed by atoms with Crippen LogP contribution in [0.15, 0.2) is 46.0 Å². The van der Waals surface area contributed by atoms with Crippen LogP contribution in [0.5, 0.6) is 0 Å². The molecular weight excluding hydrogens is 386 g/mol. The van der Waals surface area contributed by atoms with Gasteiger partial charge in [-0.25, -0.2) is 4.79 Å². The van der Waals surface area contributed by atoms with Gasteiger partial charge in [-0.2, -0.15) is 0 Å². The van der Waals surface area contributed by atoms with Crippen LogP contribution in [0.25, 0.3) is 0 Å². The van der Waals surface area contributed by atoms with Crippen molar-refractivity contribution < 1.29 is 19.1 Å². The second-order valence-electron chi connectivity index (χ2n) is 6.33. The highest BCUT2D eigenvalue weighted by molar-refractivity contribution is 8.03. The summed E-state index contributed by atoms with van der Waals surface area (Å²) in [5.41, 5.74) is 2.89. The maximum Gasteiger partial charge on any atom is 0.336 e. The van der Waals surface area contributed by atoms with Crippen LogP contribution < -0.4 is 5.32 Å². The zero-order chi connectivity index (χ0) is 19.6. The zero-order valence-electron chi connectivity index (χ0n) is 15.5. The van der Waals surface area contributed by atoms with Crippen molar-refractivity contribution in [3.8, 4) is 0 Å². The van der Waals surface area contributed by atoms with Gasteiger partial charge in [-0.05, 0) is 37.1 Å². The van der Waals surface area contributed by atoms with Gasteiger partial charge in [-0.15, -0.1) is 11.8 Å². The number of rotatable bonds is 4. The first-order valence-electron chi connectivity index (χ1n) is 8.82. The van der Waals surface area contributed by atoms with Crippen molar-refractivity contribution in [2.24, 2.45) is 5.92 Å². The van der Waals surface area contributed by atoms with Gasteiger partial charge in [0.05, 0.1) is 30.9 Å². The van der Waals surface area contributed by atoms with Crippen LogP contribution in [0.3, 0.4) is 0 Å². The number of hydrogen-bond acceptors (Lipinski definition) is 6. The lowest BCUT2D eigenvalue weighted by molar-refractivity contribution is -0.145. The number of thioether (sulfide) groups is 1. The fourth-order valence-electron chi connectivity index (χ4n) is 3.66. The van der Waals surface area contributed by atoms with E-state index in [0.717, 1.165) is 34.0 Å². The third-order valence-corrected chi connectivity index (χ3v) is 6.23. The molecule has 144 valence electrons. The molecule has 2 atom stereocenters. The van der Waals surface area contributed by atoms with E-state index in [-0.39, 0.29) is 12.6 Å². The molecule has 0 saturated carbocycles. The number of carbonyl (C=O) groups is 2. The molecule has 1 saturated heterocycles. The van der Waals surface area contributed by atoms with Crippen LogP contribution >= 0.6 is 23.4 Å². The van der Waals surface area contributed by atoms with Crippen LogP contribution in [0.1, 0.15) is 25.3 Å². The van der Waals surface area contributed by atoms with E-state index in [1.165, 1.54) is 7.11 Å². The number of benzene rings is 1.